The van der Waals surface area contributed by atoms with E-state index in [1.165, 1.54) is 11.6 Å². The molecule has 0 aliphatic carbocycles. The van der Waals surface area contributed by atoms with Crippen LogP contribution >= 0.6 is 0 Å². The van der Waals surface area contributed by atoms with Crippen LogP contribution in [0.4, 0.5) is 0 Å². The zero-order chi connectivity index (χ0) is 15.9. The van der Waals surface area contributed by atoms with Gasteiger partial charge in [0.15, 0.2) is 6.61 Å². The third kappa shape index (κ3) is 4.34. The summed E-state index contributed by atoms with van der Waals surface area (Å²) in [4.78, 5) is 22.8. The molecule has 0 aromatic heterocycles. The number of hydrogen-bond donors (Lipinski definition) is 1. The number of esters is 1. The van der Waals surface area contributed by atoms with E-state index < -0.39 is 11.9 Å². The second-order valence-electron chi connectivity index (χ2n) is 4.67. The molecule has 5 heteroatoms. The molecule has 1 amide bonds. The number of aryl methyl sites for hydroxylation is 1. The van der Waals surface area contributed by atoms with E-state index in [0.717, 1.165) is 6.42 Å². The summed E-state index contributed by atoms with van der Waals surface area (Å²) in [6.07, 6.45) is 0.924. The van der Waals surface area contributed by atoms with Gasteiger partial charge >= 0.3 is 5.97 Å². The molecule has 5 nitrogen and oxygen atoms in total. The van der Waals surface area contributed by atoms with E-state index in [2.05, 4.69) is 6.92 Å². The van der Waals surface area contributed by atoms with Crippen molar-refractivity contribution in [3.63, 3.8) is 0 Å². The Bertz CT molecular complexity index is 665. The first-order valence-electron chi connectivity index (χ1n) is 6.90. The number of primary amides is 1. The molecule has 0 spiro atoms. The molecule has 114 valence electrons. The fourth-order valence-corrected chi connectivity index (χ4v) is 1.83. The average Bonchev–Trinajstić information content (AvgIpc) is 2.54. The largest absolute Gasteiger partial charge is 0.484 e. The van der Waals surface area contributed by atoms with E-state index in [1.807, 2.05) is 12.1 Å². The molecule has 0 bridgehead atoms. The normalized spacial score (nSPS) is 10.0. The van der Waals surface area contributed by atoms with Crippen LogP contribution in [0.5, 0.6) is 11.5 Å². The standard InChI is InChI=1S/C17H17NO4/c1-2-12-6-8-14(9-7-12)22-17(20)13-4-3-5-15(10-13)21-11-16(18)19/h3-10H,2,11H2,1H3,(H2,18,19). The summed E-state index contributed by atoms with van der Waals surface area (Å²) in [7, 11) is 0. The van der Waals surface area contributed by atoms with Crippen LogP contribution in [-0.2, 0) is 11.2 Å². The predicted octanol–water partition coefficient (Wildman–Crippen LogP) is 2.33. The van der Waals surface area contributed by atoms with Crippen LogP contribution in [0, 0.1) is 0 Å². The third-order valence-electron chi connectivity index (χ3n) is 2.99. The van der Waals surface area contributed by atoms with E-state index in [-0.39, 0.29) is 6.61 Å². The van der Waals surface area contributed by atoms with Crippen molar-refractivity contribution >= 4 is 11.9 Å². The molecule has 2 aromatic rings. The van der Waals surface area contributed by atoms with Crippen LogP contribution in [0.15, 0.2) is 48.5 Å². The van der Waals surface area contributed by atoms with Crippen LogP contribution in [0.25, 0.3) is 0 Å². The highest BCUT2D eigenvalue weighted by atomic mass is 16.5. The van der Waals surface area contributed by atoms with Gasteiger partial charge in [0.2, 0.25) is 0 Å². The van der Waals surface area contributed by atoms with E-state index in [1.54, 1.807) is 30.3 Å². The lowest BCUT2D eigenvalue weighted by Gasteiger charge is -2.07. The second-order valence-corrected chi connectivity index (χ2v) is 4.67. The van der Waals surface area contributed by atoms with E-state index in [4.69, 9.17) is 15.2 Å². The minimum Gasteiger partial charge on any atom is -0.484 e. The quantitative estimate of drug-likeness (QED) is 0.656. The van der Waals surface area contributed by atoms with E-state index in [0.29, 0.717) is 17.1 Å². The Morgan fingerprint density at radius 1 is 1.05 bits per heavy atom. The Balaban J connectivity index is 2.05. The van der Waals surface area contributed by atoms with Crippen molar-refractivity contribution in [3.8, 4) is 11.5 Å². The first kappa shape index (κ1) is 15.6. The molecule has 0 aliphatic rings. The highest BCUT2D eigenvalue weighted by molar-refractivity contribution is 5.91. The summed E-state index contributed by atoms with van der Waals surface area (Å²) >= 11 is 0. The van der Waals surface area contributed by atoms with Gasteiger partial charge in [0.1, 0.15) is 11.5 Å². The first-order valence-corrected chi connectivity index (χ1v) is 6.90. The maximum atomic E-state index is 12.1. The first-order chi connectivity index (χ1) is 10.6. The molecule has 0 heterocycles. The lowest BCUT2D eigenvalue weighted by Crippen LogP contribution is -2.20. The maximum Gasteiger partial charge on any atom is 0.343 e. The monoisotopic (exact) mass is 299 g/mol. The van der Waals surface area contributed by atoms with Crippen molar-refractivity contribution in [3.05, 3.63) is 59.7 Å². The molecule has 2 aromatic carbocycles. The molecule has 22 heavy (non-hydrogen) atoms. The molecule has 0 radical (unpaired) electrons. The Morgan fingerprint density at radius 3 is 2.41 bits per heavy atom. The SMILES string of the molecule is CCc1ccc(OC(=O)c2cccc(OCC(N)=O)c2)cc1. The maximum absolute atomic E-state index is 12.1. The highest BCUT2D eigenvalue weighted by Gasteiger charge is 2.10. The Labute approximate surface area is 128 Å². The van der Waals surface area contributed by atoms with Gasteiger partial charge in [-0.3, -0.25) is 4.79 Å². The summed E-state index contributed by atoms with van der Waals surface area (Å²) in [6.45, 7) is 1.82. The third-order valence-corrected chi connectivity index (χ3v) is 2.99. The number of hydrogen-bond acceptors (Lipinski definition) is 4. The average molecular weight is 299 g/mol. The number of amides is 1. The molecule has 0 aliphatic heterocycles. The molecule has 2 N–H and O–H groups in total. The molecular weight excluding hydrogens is 282 g/mol. The fraction of sp³-hybridized carbons (Fsp3) is 0.176. The van der Waals surface area contributed by atoms with Crippen LogP contribution in [0.2, 0.25) is 0 Å². The Kier molecular flexibility index (Phi) is 5.14. The molecule has 0 fully saturated rings. The van der Waals surface area contributed by atoms with E-state index >= 15 is 0 Å². The van der Waals surface area contributed by atoms with Crippen molar-refractivity contribution in [1.82, 2.24) is 0 Å². The number of ether oxygens (including phenoxy) is 2. The van der Waals surface area contributed by atoms with Crippen molar-refractivity contribution in [1.29, 1.82) is 0 Å². The summed E-state index contributed by atoms with van der Waals surface area (Å²) in [6, 6.07) is 13.7. The topological polar surface area (TPSA) is 78.6 Å². The zero-order valence-electron chi connectivity index (χ0n) is 12.2. The van der Waals surface area contributed by atoms with Crippen LogP contribution in [-0.4, -0.2) is 18.5 Å². The van der Waals surface area contributed by atoms with Gasteiger partial charge < -0.3 is 15.2 Å². The van der Waals surface area contributed by atoms with Crippen molar-refractivity contribution in [2.75, 3.05) is 6.61 Å². The second kappa shape index (κ2) is 7.26. The van der Waals surface area contributed by atoms with Gasteiger partial charge in [0.05, 0.1) is 5.56 Å². The fourth-order valence-electron chi connectivity index (χ4n) is 1.83. The summed E-state index contributed by atoms with van der Waals surface area (Å²) in [5, 5.41) is 0. The number of carbonyl (C=O) groups excluding carboxylic acids is 2. The molecule has 0 saturated heterocycles. The molecule has 0 saturated carbocycles. The summed E-state index contributed by atoms with van der Waals surface area (Å²) < 4.78 is 10.5. The van der Waals surface area contributed by atoms with E-state index in [9.17, 15) is 9.59 Å². The van der Waals surface area contributed by atoms with Crippen molar-refractivity contribution in [2.24, 2.45) is 5.73 Å². The van der Waals surface area contributed by atoms with Gasteiger partial charge in [-0.25, -0.2) is 4.79 Å². The van der Waals surface area contributed by atoms with Gasteiger partial charge in [-0.1, -0.05) is 25.1 Å². The van der Waals surface area contributed by atoms with Gasteiger partial charge in [0.25, 0.3) is 5.91 Å². The molecule has 0 unspecified atom stereocenters. The Hall–Kier alpha value is -2.82. The minimum atomic E-state index is -0.580. The van der Waals surface area contributed by atoms with Crippen LogP contribution in [0.1, 0.15) is 22.8 Å². The van der Waals surface area contributed by atoms with Gasteiger partial charge in [-0.05, 0) is 42.3 Å². The van der Waals surface area contributed by atoms with Gasteiger partial charge in [-0.15, -0.1) is 0 Å². The van der Waals surface area contributed by atoms with Crippen LogP contribution in [0.3, 0.4) is 0 Å². The van der Waals surface area contributed by atoms with Gasteiger partial charge in [0, 0.05) is 0 Å². The summed E-state index contributed by atoms with van der Waals surface area (Å²) in [5.74, 6) is -0.210. The lowest BCUT2D eigenvalue weighted by molar-refractivity contribution is -0.119. The van der Waals surface area contributed by atoms with Gasteiger partial charge in [-0.2, -0.15) is 0 Å². The summed E-state index contributed by atoms with van der Waals surface area (Å²) in [5.41, 5.74) is 6.51. The number of nitrogens with two attached hydrogens (primary N) is 1. The number of rotatable bonds is 6. The molecule has 2 rings (SSSR count). The molecular formula is C17H17NO4. The smallest absolute Gasteiger partial charge is 0.343 e. The number of carbonyl (C=O) groups is 2. The van der Waals surface area contributed by atoms with Crippen molar-refractivity contribution in [2.45, 2.75) is 13.3 Å². The predicted molar refractivity (Wildman–Crippen MR) is 81.9 cm³/mol. The van der Waals surface area contributed by atoms with Crippen molar-refractivity contribution < 1.29 is 19.1 Å². The Morgan fingerprint density at radius 2 is 1.77 bits per heavy atom. The number of benzene rings is 2. The highest BCUT2D eigenvalue weighted by Crippen LogP contribution is 2.17. The zero-order valence-corrected chi connectivity index (χ0v) is 12.2. The minimum absolute atomic E-state index is 0.239. The lowest BCUT2D eigenvalue weighted by atomic mass is 10.2. The molecule has 0 atom stereocenters. The van der Waals surface area contributed by atoms with Crippen LogP contribution < -0.4 is 15.2 Å².